The zero-order chi connectivity index (χ0) is 21.1. The molecule has 0 unspecified atom stereocenters. The van der Waals surface area contributed by atoms with Crippen LogP contribution in [-0.2, 0) is 29.0 Å². The lowest BCUT2D eigenvalue weighted by Crippen LogP contribution is -2.39. The highest BCUT2D eigenvalue weighted by atomic mass is 16.2. The van der Waals surface area contributed by atoms with Gasteiger partial charge < -0.3 is 10.2 Å². The second kappa shape index (κ2) is 8.69. The average Bonchev–Trinajstić information content (AvgIpc) is 2.99. The molecule has 2 aliphatic heterocycles. The topological polar surface area (TPSA) is 69.7 Å². The Morgan fingerprint density at radius 2 is 1.80 bits per heavy atom. The van der Waals surface area contributed by atoms with Crippen LogP contribution in [0.15, 0.2) is 48.5 Å². The van der Waals surface area contributed by atoms with Crippen LogP contribution in [-0.4, -0.2) is 40.2 Å². The van der Waals surface area contributed by atoms with Crippen LogP contribution in [0.4, 0.5) is 10.5 Å². The molecule has 4 amide bonds. The summed E-state index contributed by atoms with van der Waals surface area (Å²) in [5.74, 6) is -0.410. The Hall–Kier alpha value is -3.15. The Labute approximate surface area is 176 Å². The number of unbranched alkanes of at least 4 members (excludes halogenated alkanes) is 1. The molecule has 6 nitrogen and oxygen atoms in total. The molecule has 6 heteroatoms. The van der Waals surface area contributed by atoms with Crippen LogP contribution in [0.1, 0.15) is 42.9 Å². The van der Waals surface area contributed by atoms with Crippen LogP contribution in [0.5, 0.6) is 0 Å². The fraction of sp³-hybridized carbons (Fsp3) is 0.375. The van der Waals surface area contributed by atoms with Crippen molar-refractivity contribution in [2.24, 2.45) is 0 Å². The normalized spacial score (nSPS) is 17.7. The largest absolute Gasteiger partial charge is 0.327 e. The Morgan fingerprint density at radius 1 is 1.07 bits per heavy atom. The minimum Gasteiger partial charge on any atom is -0.326 e. The van der Waals surface area contributed by atoms with Crippen molar-refractivity contribution in [3.8, 4) is 0 Å². The van der Waals surface area contributed by atoms with Crippen molar-refractivity contribution >= 4 is 23.5 Å². The van der Waals surface area contributed by atoms with E-state index in [2.05, 4.69) is 12.2 Å². The van der Waals surface area contributed by atoms with Gasteiger partial charge in [0, 0.05) is 31.6 Å². The number of hydrogen-bond donors (Lipinski definition) is 1. The Bertz CT molecular complexity index is 911. The van der Waals surface area contributed by atoms with E-state index >= 15 is 0 Å². The quantitative estimate of drug-likeness (QED) is 0.714. The molecule has 0 aliphatic carbocycles. The molecule has 0 aromatic heterocycles. The highest BCUT2D eigenvalue weighted by Crippen LogP contribution is 2.30. The van der Waals surface area contributed by atoms with E-state index in [4.69, 9.17) is 0 Å². The lowest BCUT2D eigenvalue weighted by molar-refractivity contribution is -0.128. The molecule has 1 N–H and O–H groups in total. The van der Waals surface area contributed by atoms with E-state index in [0.717, 1.165) is 36.1 Å². The summed E-state index contributed by atoms with van der Waals surface area (Å²) in [5, 5.41) is 2.85. The fourth-order valence-electron chi connectivity index (χ4n) is 4.15. The molecule has 4 rings (SSSR count). The maximum atomic E-state index is 12.8. The van der Waals surface area contributed by atoms with E-state index in [9.17, 15) is 14.4 Å². The summed E-state index contributed by atoms with van der Waals surface area (Å²) in [6, 6.07) is 15.0. The summed E-state index contributed by atoms with van der Waals surface area (Å²) < 4.78 is 0. The minimum absolute atomic E-state index is 0.0859. The van der Waals surface area contributed by atoms with Gasteiger partial charge in [0.1, 0.15) is 6.04 Å². The number of hydrogen-bond acceptors (Lipinski definition) is 3. The average molecular weight is 405 g/mol. The van der Waals surface area contributed by atoms with Gasteiger partial charge in [-0.25, -0.2) is 4.79 Å². The predicted octanol–water partition coefficient (Wildman–Crippen LogP) is 3.75. The second-order valence-electron chi connectivity index (χ2n) is 7.99. The number of amides is 4. The van der Waals surface area contributed by atoms with Crippen molar-refractivity contribution in [3.05, 3.63) is 65.2 Å². The predicted molar refractivity (Wildman–Crippen MR) is 115 cm³/mol. The third-order valence-corrected chi connectivity index (χ3v) is 5.90. The van der Waals surface area contributed by atoms with Gasteiger partial charge in [-0.05, 0) is 41.7 Å². The zero-order valence-electron chi connectivity index (χ0n) is 17.3. The number of nitrogens with zero attached hydrogens (tertiary/aromatic N) is 2. The van der Waals surface area contributed by atoms with E-state index < -0.39 is 6.04 Å². The third-order valence-electron chi connectivity index (χ3n) is 5.90. The van der Waals surface area contributed by atoms with Gasteiger partial charge in [0.15, 0.2) is 0 Å². The van der Waals surface area contributed by atoms with Crippen molar-refractivity contribution in [1.29, 1.82) is 0 Å². The van der Waals surface area contributed by atoms with Gasteiger partial charge in [0.2, 0.25) is 5.91 Å². The highest BCUT2D eigenvalue weighted by Gasteiger charge is 2.46. The Kier molecular flexibility index (Phi) is 5.84. The van der Waals surface area contributed by atoms with Crippen molar-refractivity contribution in [2.75, 3.05) is 11.9 Å². The van der Waals surface area contributed by atoms with Gasteiger partial charge in [0.05, 0.1) is 0 Å². The maximum absolute atomic E-state index is 12.8. The van der Waals surface area contributed by atoms with Crippen LogP contribution >= 0.6 is 0 Å². The van der Waals surface area contributed by atoms with Crippen molar-refractivity contribution in [1.82, 2.24) is 9.80 Å². The molecule has 2 heterocycles. The van der Waals surface area contributed by atoms with Gasteiger partial charge in [-0.1, -0.05) is 49.7 Å². The van der Waals surface area contributed by atoms with Crippen molar-refractivity contribution < 1.29 is 14.4 Å². The highest BCUT2D eigenvalue weighted by molar-refractivity contribution is 6.05. The number of rotatable bonds is 7. The first-order chi connectivity index (χ1) is 14.6. The van der Waals surface area contributed by atoms with Crippen LogP contribution < -0.4 is 5.32 Å². The fourth-order valence-corrected chi connectivity index (χ4v) is 4.15. The van der Waals surface area contributed by atoms with Crippen molar-refractivity contribution in [2.45, 2.75) is 51.6 Å². The summed E-state index contributed by atoms with van der Waals surface area (Å²) >= 11 is 0. The molecule has 30 heavy (non-hydrogen) atoms. The number of fused-ring (bicyclic) bond motifs is 2. The van der Waals surface area contributed by atoms with E-state index in [1.54, 1.807) is 4.90 Å². The number of anilines is 1. The zero-order valence-corrected chi connectivity index (χ0v) is 17.3. The first-order valence-corrected chi connectivity index (χ1v) is 10.6. The molecule has 156 valence electrons. The van der Waals surface area contributed by atoms with E-state index in [1.807, 2.05) is 48.5 Å². The Balaban J connectivity index is 1.32. The first-order valence-electron chi connectivity index (χ1n) is 10.6. The first kappa shape index (κ1) is 20.1. The molecule has 2 aromatic carbocycles. The summed E-state index contributed by atoms with van der Waals surface area (Å²) in [6.07, 6.45) is 3.95. The molecular formula is C24H27N3O3. The summed E-state index contributed by atoms with van der Waals surface area (Å²) in [6.45, 7) is 2.70. The van der Waals surface area contributed by atoms with E-state index in [1.165, 1.54) is 10.5 Å². The molecular weight excluding hydrogens is 378 g/mol. The number of carbonyl (C=O) groups is 3. The number of aryl methyl sites for hydroxylation is 1. The van der Waals surface area contributed by atoms with Gasteiger partial charge >= 0.3 is 6.03 Å². The van der Waals surface area contributed by atoms with Gasteiger partial charge in [0.25, 0.3) is 5.91 Å². The second-order valence-corrected chi connectivity index (χ2v) is 7.99. The number of benzene rings is 2. The molecule has 0 spiro atoms. The van der Waals surface area contributed by atoms with E-state index in [-0.39, 0.29) is 30.8 Å². The number of carbonyl (C=O) groups excluding carboxylic acids is 3. The van der Waals surface area contributed by atoms with Crippen LogP contribution in [0.3, 0.4) is 0 Å². The monoisotopic (exact) mass is 405 g/mol. The molecule has 2 aliphatic rings. The van der Waals surface area contributed by atoms with Crippen molar-refractivity contribution in [3.63, 3.8) is 0 Å². The van der Waals surface area contributed by atoms with Crippen LogP contribution in [0, 0.1) is 0 Å². The molecule has 0 bridgehead atoms. The lowest BCUT2D eigenvalue weighted by atomic mass is 9.95. The maximum Gasteiger partial charge on any atom is 0.327 e. The number of urea groups is 1. The summed E-state index contributed by atoms with van der Waals surface area (Å²) in [7, 11) is 0. The number of imide groups is 1. The van der Waals surface area contributed by atoms with Crippen LogP contribution in [0.25, 0.3) is 0 Å². The van der Waals surface area contributed by atoms with Gasteiger partial charge in [-0.2, -0.15) is 0 Å². The SMILES string of the molecule is CCCCc1ccc(NC(=O)CCN2C(=O)[C@@H]3Cc4ccccc4CN3C2=O)cc1. The summed E-state index contributed by atoms with van der Waals surface area (Å²) in [4.78, 5) is 40.7. The smallest absolute Gasteiger partial charge is 0.326 e. The summed E-state index contributed by atoms with van der Waals surface area (Å²) in [5.41, 5.74) is 4.17. The lowest BCUT2D eigenvalue weighted by Gasteiger charge is -2.28. The molecule has 1 saturated heterocycles. The van der Waals surface area contributed by atoms with Gasteiger partial charge in [-0.15, -0.1) is 0 Å². The molecule has 1 atom stereocenters. The Morgan fingerprint density at radius 3 is 2.53 bits per heavy atom. The number of nitrogens with one attached hydrogen (secondary N) is 1. The molecule has 1 fully saturated rings. The van der Waals surface area contributed by atoms with Crippen LogP contribution in [0.2, 0.25) is 0 Å². The molecule has 2 aromatic rings. The van der Waals surface area contributed by atoms with Gasteiger partial charge in [-0.3, -0.25) is 14.5 Å². The molecule has 0 radical (unpaired) electrons. The standard InChI is InChI=1S/C24H27N3O3/c1-2-3-6-17-9-11-20(12-10-17)25-22(28)13-14-26-23(29)21-15-18-7-4-5-8-19(18)16-27(21)24(26)30/h4-5,7-12,21H,2-3,6,13-16H2,1H3,(H,25,28)/t21-/m0/s1. The molecule has 0 saturated carbocycles. The third kappa shape index (κ3) is 4.08. The van der Waals surface area contributed by atoms with E-state index in [0.29, 0.717) is 13.0 Å². The minimum atomic E-state index is -0.453.